The second-order valence-electron chi connectivity index (χ2n) is 3.96. The quantitative estimate of drug-likeness (QED) is 0.845. The van der Waals surface area contributed by atoms with E-state index in [9.17, 15) is 4.79 Å². The maximum atomic E-state index is 12.1. The number of aryl methyl sites for hydroxylation is 1. The van der Waals surface area contributed by atoms with Crippen molar-refractivity contribution < 1.29 is 9.90 Å². The number of aliphatic hydroxyl groups excluding tert-OH is 1. The number of carbonyl (C=O) groups is 1. The Labute approximate surface area is 120 Å². The van der Waals surface area contributed by atoms with E-state index >= 15 is 0 Å². The Morgan fingerprint density at radius 3 is 2.95 bits per heavy atom. The van der Waals surface area contributed by atoms with Crippen LogP contribution in [0.3, 0.4) is 0 Å². The van der Waals surface area contributed by atoms with Crippen molar-refractivity contribution in [3.8, 4) is 11.8 Å². The second kappa shape index (κ2) is 6.80. The minimum Gasteiger partial charge on any atom is -0.395 e. The van der Waals surface area contributed by atoms with Crippen LogP contribution < -0.4 is 5.32 Å². The van der Waals surface area contributed by atoms with Gasteiger partial charge in [0.05, 0.1) is 18.0 Å². The van der Waals surface area contributed by atoms with E-state index in [0.29, 0.717) is 28.2 Å². The SMILES string of the molecule is Cc1nnsc1C(=O)Nc1ccccc1C#CCCO. The van der Waals surface area contributed by atoms with Gasteiger partial charge in [-0.05, 0) is 30.6 Å². The number of anilines is 1. The zero-order chi connectivity index (χ0) is 14.4. The Balaban J connectivity index is 2.20. The van der Waals surface area contributed by atoms with Gasteiger partial charge in [0, 0.05) is 12.0 Å². The fourth-order valence-electron chi connectivity index (χ4n) is 1.53. The van der Waals surface area contributed by atoms with Crippen molar-refractivity contribution in [2.75, 3.05) is 11.9 Å². The number of nitrogens with zero attached hydrogens (tertiary/aromatic N) is 2. The minimum atomic E-state index is -0.242. The Morgan fingerprint density at radius 2 is 2.25 bits per heavy atom. The zero-order valence-corrected chi connectivity index (χ0v) is 11.7. The highest BCUT2D eigenvalue weighted by Crippen LogP contribution is 2.17. The number of para-hydroxylation sites is 1. The lowest BCUT2D eigenvalue weighted by molar-refractivity contribution is 0.103. The Morgan fingerprint density at radius 1 is 1.45 bits per heavy atom. The summed E-state index contributed by atoms with van der Waals surface area (Å²) in [4.78, 5) is 12.6. The van der Waals surface area contributed by atoms with Crippen LogP contribution in [0.15, 0.2) is 24.3 Å². The molecule has 0 aliphatic carbocycles. The molecule has 102 valence electrons. The molecule has 0 bridgehead atoms. The van der Waals surface area contributed by atoms with Crippen LogP contribution in [-0.4, -0.2) is 27.2 Å². The molecule has 0 saturated carbocycles. The topological polar surface area (TPSA) is 75.1 Å². The van der Waals surface area contributed by atoms with Crippen molar-refractivity contribution in [2.45, 2.75) is 13.3 Å². The van der Waals surface area contributed by atoms with Crippen LogP contribution in [0.5, 0.6) is 0 Å². The minimum absolute atomic E-state index is 0.0211. The first-order chi connectivity index (χ1) is 9.72. The van der Waals surface area contributed by atoms with Gasteiger partial charge in [-0.3, -0.25) is 4.79 Å². The fourth-order valence-corrected chi connectivity index (χ4v) is 2.09. The van der Waals surface area contributed by atoms with E-state index in [-0.39, 0.29) is 12.5 Å². The third kappa shape index (κ3) is 3.41. The average Bonchev–Trinajstić information content (AvgIpc) is 2.87. The number of aliphatic hydroxyl groups is 1. The zero-order valence-electron chi connectivity index (χ0n) is 10.9. The summed E-state index contributed by atoms with van der Waals surface area (Å²) in [6, 6.07) is 7.27. The number of aromatic nitrogens is 2. The molecule has 1 heterocycles. The number of amides is 1. The van der Waals surface area contributed by atoms with Crippen molar-refractivity contribution in [3.05, 3.63) is 40.4 Å². The summed E-state index contributed by atoms with van der Waals surface area (Å²) in [6.07, 6.45) is 0.403. The summed E-state index contributed by atoms with van der Waals surface area (Å²) in [6.45, 7) is 1.76. The number of hydrogen-bond acceptors (Lipinski definition) is 5. The molecule has 0 aliphatic heterocycles. The van der Waals surface area contributed by atoms with Crippen molar-refractivity contribution >= 4 is 23.1 Å². The van der Waals surface area contributed by atoms with Gasteiger partial charge in [0.15, 0.2) is 0 Å². The van der Waals surface area contributed by atoms with Crippen LogP contribution >= 0.6 is 11.5 Å². The van der Waals surface area contributed by atoms with Crippen LogP contribution in [-0.2, 0) is 0 Å². The summed E-state index contributed by atoms with van der Waals surface area (Å²) in [5, 5.41) is 15.4. The monoisotopic (exact) mass is 287 g/mol. The molecular weight excluding hydrogens is 274 g/mol. The van der Waals surface area contributed by atoms with Gasteiger partial charge in [0.25, 0.3) is 5.91 Å². The first kappa shape index (κ1) is 14.2. The van der Waals surface area contributed by atoms with Gasteiger partial charge >= 0.3 is 0 Å². The Kier molecular flexibility index (Phi) is 4.82. The molecule has 20 heavy (non-hydrogen) atoms. The Bertz CT molecular complexity index is 670. The second-order valence-corrected chi connectivity index (χ2v) is 4.72. The highest BCUT2D eigenvalue weighted by Gasteiger charge is 2.14. The van der Waals surface area contributed by atoms with Gasteiger partial charge in [-0.15, -0.1) is 5.10 Å². The highest BCUT2D eigenvalue weighted by molar-refractivity contribution is 7.08. The predicted molar refractivity (Wildman–Crippen MR) is 77.6 cm³/mol. The number of carbonyl (C=O) groups excluding carboxylic acids is 1. The molecule has 1 amide bonds. The highest BCUT2D eigenvalue weighted by atomic mass is 32.1. The average molecular weight is 287 g/mol. The standard InChI is InChI=1S/C14H13N3O2S/c1-10-13(20-17-16-10)14(19)15-12-8-3-2-6-11(12)7-4-5-9-18/h2-3,6,8,18H,5,9H2,1H3,(H,15,19). The lowest BCUT2D eigenvalue weighted by Gasteiger charge is -2.06. The third-order valence-corrected chi connectivity index (χ3v) is 3.32. The van der Waals surface area contributed by atoms with E-state index in [0.717, 1.165) is 11.5 Å². The molecule has 1 aromatic heterocycles. The number of benzene rings is 1. The molecule has 0 fully saturated rings. The van der Waals surface area contributed by atoms with Crippen LogP contribution in [0.25, 0.3) is 0 Å². The summed E-state index contributed by atoms with van der Waals surface area (Å²) in [5.41, 5.74) is 1.96. The van der Waals surface area contributed by atoms with E-state index < -0.39 is 0 Å². The molecule has 6 heteroatoms. The number of rotatable bonds is 3. The predicted octanol–water partition coefficient (Wildman–Crippen LogP) is 1.83. The van der Waals surface area contributed by atoms with Crippen LogP contribution in [0.1, 0.15) is 27.3 Å². The largest absolute Gasteiger partial charge is 0.395 e. The molecular formula is C14H13N3O2S. The van der Waals surface area contributed by atoms with Crippen molar-refractivity contribution in [1.82, 2.24) is 9.59 Å². The van der Waals surface area contributed by atoms with Crippen LogP contribution in [0, 0.1) is 18.8 Å². The van der Waals surface area contributed by atoms with Crippen molar-refractivity contribution in [2.24, 2.45) is 0 Å². The molecule has 1 aromatic carbocycles. The molecule has 2 rings (SSSR count). The molecule has 0 saturated heterocycles. The van der Waals surface area contributed by atoms with E-state index in [1.54, 1.807) is 13.0 Å². The maximum absolute atomic E-state index is 12.1. The van der Waals surface area contributed by atoms with Gasteiger partial charge in [0.1, 0.15) is 4.88 Å². The molecule has 0 spiro atoms. The molecule has 5 nitrogen and oxygen atoms in total. The summed E-state index contributed by atoms with van der Waals surface area (Å²) in [7, 11) is 0. The van der Waals surface area contributed by atoms with Gasteiger partial charge < -0.3 is 10.4 Å². The van der Waals surface area contributed by atoms with Crippen molar-refractivity contribution in [1.29, 1.82) is 0 Å². The molecule has 0 radical (unpaired) electrons. The number of hydrogen-bond donors (Lipinski definition) is 2. The molecule has 0 unspecified atom stereocenters. The fraction of sp³-hybridized carbons (Fsp3) is 0.214. The smallest absolute Gasteiger partial charge is 0.269 e. The lowest BCUT2D eigenvalue weighted by Crippen LogP contribution is -2.12. The summed E-state index contributed by atoms with van der Waals surface area (Å²) in [5.74, 6) is 5.52. The molecule has 0 aliphatic rings. The van der Waals surface area contributed by atoms with Crippen LogP contribution in [0.2, 0.25) is 0 Å². The Hall–Kier alpha value is -2.23. The van der Waals surface area contributed by atoms with Crippen molar-refractivity contribution in [3.63, 3.8) is 0 Å². The summed E-state index contributed by atoms with van der Waals surface area (Å²) >= 11 is 1.06. The van der Waals surface area contributed by atoms with Gasteiger partial charge in [0.2, 0.25) is 0 Å². The van der Waals surface area contributed by atoms with E-state index in [1.165, 1.54) is 0 Å². The molecule has 2 aromatic rings. The first-order valence-corrected chi connectivity index (χ1v) is 6.78. The third-order valence-electron chi connectivity index (χ3n) is 2.49. The lowest BCUT2D eigenvalue weighted by atomic mass is 10.1. The normalized spacial score (nSPS) is 9.70. The van der Waals surface area contributed by atoms with Crippen LogP contribution in [0.4, 0.5) is 5.69 Å². The molecule has 0 atom stereocenters. The maximum Gasteiger partial charge on any atom is 0.269 e. The van der Waals surface area contributed by atoms with E-state index in [1.807, 2.05) is 18.2 Å². The van der Waals surface area contributed by atoms with E-state index in [2.05, 4.69) is 26.7 Å². The number of nitrogens with one attached hydrogen (secondary N) is 1. The van der Waals surface area contributed by atoms with Gasteiger partial charge in [-0.25, -0.2) is 0 Å². The summed E-state index contributed by atoms with van der Waals surface area (Å²) < 4.78 is 3.74. The van der Waals surface area contributed by atoms with Gasteiger partial charge in [-0.1, -0.05) is 28.5 Å². The van der Waals surface area contributed by atoms with E-state index in [4.69, 9.17) is 5.11 Å². The molecule has 2 N–H and O–H groups in total. The van der Waals surface area contributed by atoms with Gasteiger partial charge in [-0.2, -0.15) is 0 Å². The first-order valence-electron chi connectivity index (χ1n) is 6.01.